The Morgan fingerprint density at radius 1 is 0.935 bits per heavy atom. The van der Waals surface area contributed by atoms with E-state index in [4.69, 9.17) is 4.74 Å². The summed E-state index contributed by atoms with van der Waals surface area (Å²) in [6.07, 6.45) is 0.519. The average molecular weight is 419 g/mol. The smallest absolute Gasteiger partial charge is 0.261 e. The number of amides is 2. The van der Waals surface area contributed by atoms with Crippen molar-refractivity contribution in [1.82, 2.24) is 10.2 Å². The molecule has 0 aromatic heterocycles. The zero-order valence-electron chi connectivity index (χ0n) is 18.4. The van der Waals surface area contributed by atoms with Crippen LogP contribution in [0, 0.1) is 0 Å². The van der Waals surface area contributed by atoms with Crippen LogP contribution in [0.15, 0.2) is 72.8 Å². The first-order valence-electron chi connectivity index (χ1n) is 10.7. The number of benzene rings is 3. The Morgan fingerprint density at radius 3 is 2.32 bits per heavy atom. The zero-order chi connectivity index (χ0) is 22.2. The summed E-state index contributed by atoms with van der Waals surface area (Å²) in [5, 5.41) is 4.95. The maximum absolute atomic E-state index is 13.3. The summed E-state index contributed by atoms with van der Waals surface area (Å²) >= 11 is 0. The second kappa shape index (κ2) is 10.6. The van der Waals surface area contributed by atoms with E-state index in [9.17, 15) is 9.59 Å². The van der Waals surface area contributed by atoms with Gasteiger partial charge in [0.1, 0.15) is 11.8 Å². The summed E-state index contributed by atoms with van der Waals surface area (Å²) in [4.78, 5) is 27.7. The Morgan fingerprint density at radius 2 is 1.61 bits per heavy atom. The molecule has 0 aliphatic carbocycles. The molecule has 5 heteroatoms. The molecular formula is C26H30N2O3. The largest absolute Gasteiger partial charge is 0.483 e. The van der Waals surface area contributed by atoms with Crippen LogP contribution in [0.1, 0.15) is 32.8 Å². The maximum Gasteiger partial charge on any atom is 0.261 e. The predicted octanol–water partition coefficient (Wildman–Crippen LogP) is 4.55. The Labute approximate surface area is 184 Å². The first-order valence-corrected chi connectivity index (χ1v) is 10.7. The third-order valence-electron chi connectivity index (χ3n) is 5.11. The van der Waals surface area contributed by atoms with Crippen LogP contribution < -0.4 is 10.1 Å². The van der Waals surface area contributed by atoms with Crippen molar-refractivity contribution in [1.29, 1.82) is 0 Å². The molecule has 0 saturated carbocycles. The van der Waals surface area contributed by atoms with Crippen molar-refractivity contribution in [2.75, 3.05) is 6.61 Å². The van der Waals surface area contributed by atoms with E-state index >= 15 is 0 Å². The van der Waals surface area contributed by atoms with Gasteiger partial charge in [0.05, 0.1) is 0 Å². The lowest BCUT2D eigenvalue weighted by molar-refractivity contribution is -0.143. The minimum atomic E-state index is -0.564. The van der Waals surface area contributed by atoms with Gasteiger partial charge in [-0.3, -0.25) is 9.59 Å². The number of fused-ring (bicyclic) bond motifs is 1. The zero-order valence-corrected chi connectivity index (χ0v) is 18.4. The number of hydrogen-bond donors (Lipinski definition) is 1. The lowest BCUT2D eigenvalue weighted by Gasteiger charge is -2.31. The van der Waals surface area contributed by atoms with Gasteiger partial charge in [-0.05, 0) is 37.3 Å². The highest BCUT2D eigenvalue weighted by molar-refractivity contribution is 5.90. The molecule has 0 fully saturated rings. The van der Waals surface area contributed by atoms with Gasteiger partial charge in [0.15, 0.2) is 6.61 Å². The van der Waals surface area contributed by atoms with Crippen LogP contribution in [0.2, 0.25) is 0 Å². The molecular weight excluding hydrogens is 388 g/mol. The normalized spacial score (nSPS) is 11.9. The van der Waals surface area contributed by atoms with Crippen molar-refractivity contribution in [3.05, 3.63) is 78.4 Å². The molecule has 0 unspecified atom stereocenters. The second-order valence-corrected chi connectivity index (χ2v) is 7.86. The van der Waals surface area contributed by atoms with Gasteiger partial charge >= 0.3 is 0 Å². The lowest BCUT2D eigenvalue weighted by atomic mass is 10.1. The third-order valence-corrected chi connectivity index (χ3v) is 5.11. The fraction of sp³-hybridized carbons (Fsp3) is 0.308. The third kappa shape index (κ3) is 5.85. The van der Waals surface area contributed by atoms with Crippen LogP contribution in [0.3, 0.4) is 0 Å². The Bertz CT molecular complexity index is 1010. The molecule has 1 N–H and O–H groups in total. The van der Waals surface area contributed by atoms with Gasteiger partial charge in [-0.1, -0.05) is 73.7 Å². The van der Waals surface area contributed by atoms with Crippen LogP contribution in [0.25, 0.3) is 10.8 Å². The van der Waals surface area contributed by atoms with Gasteiger partial charge in [-0.2, -0.15) is 0 Å². The average Bonchev–Trinajstić information content (AvgIpc) is 2.77. The molecule has 0 aliphatic heterocycles. The first kappa shape index (κ1) is 22.3. The molecule has 0 bridgehead atoms. The molecule has 162 valence electrons. The van der Waals surface area contributed by atoms with E-state index in [1.165, 1.54) is 0 Å². The molecule has 2 amide bonds. The first-order chi connectivity index (χ1) is 15.0. The van der Waals surface area contributed by atoms with E-state index in [0.717, 1.165) is 16.3 Å². The van der Waals surface area contributed by atoms with E-state index in [1.54, 1.807) is 4.90 Å². The fourth-order valence-electron chi connectivity index (χ4n) is 3.62. The van der Waals surface area contributed by atoms with Crippen molar-refractivity contribution in [3.8, 4) is 5.75 Å². The number of hydrogen-bond acceptors (Lipinski definition) is 3. The van der Waals surface area contributed by atoms with Crippen molar-refractivity contribution in [2.45, 2.75) is 45.8 Å². The summed E-state index contributed by atoms with van der Waals surface area (Å²) in [7, 11) is 0. The number of carbonyl (C=O) groups excluding carboxylic acids is 2. The van der Waals surface area contributed by atoms with E-state index in [2.05, 4.69) is 5.32 Å². The highest BCUT2D eigenvalue weighted by atomic mass is 16.5. The number of nitrogens with zero attached hydrogens (tertiary/aromatic N) is 1. The van der Waals surface area contributed by atoms with Crippen molar-refractivity contribution >= 4 is 22.6 Å². The summed E-state index contributed by atoms with van der Waals surface area (Å²) in [5.74, 6) is 0.292. The Kier molecular flexibility index (Phi) is 7.65. The van der Waals surface area contributed by atoms with E-state index in [1.807, 2.05) is 93.6 Å². The molecule has 3 aromatic carbocycles. The minimum Gasteiger partial charge on any atom is -0.483 e. The Balaban J connectivity index is 1.81. The van der Waals surface area contributed by atoms with E-state index < -0.39 is 6.04 Å². The molecule has 0 saturated heterocycles. The number of rotatable bonds is 9. The molecule has 0 heterocycles. The van der Waals surface area contributed by atoms with Gasteiger partial charge in [-0.25, -0.2) is 0 Å². The predicted molar refractivity (Wildman–Crippen MR) is 124 cm³/mol. The molecule has 5 nitrogen and oxygen atoms in total. The SMILES string of the molecule is CC[C@H](C(=O)NC(C)C)N(Cc1ccccc1)C(=O)COc1cccc2ccccc12. The summed E-state index contributed by atoms with van der Waals surface area (Å²) < 4.78 is 5.93. The molecule has 3 rings (SSSR count). The fourth-order valence-corrected chi connectivity index (χ4v) is 3.62. The molecule has 1 atom stereocenters. The topological polar surface area (TPSA) is 58.6 Å². The van der Waals surface area contributed by atoms with Crippen LogP contribution >= 0.6 is 0 Å². The summed E-state index contributed by atoms with van der Waals surface area (Å²) in [6, 6.07) is 22.8. The van der Waals surface area contributed by atoms with Gasteiger partial charge in [0.2, 0.25) is 5.91 Å². The molecule has 3 aromatic rings. The number of ether oxygens (including phenoxy) is 1. The van der Waals surface area contributed by atoms with E-state index in [0.29, 0.717) is 18.7 Å². The summed E-state index contributed by atoms with van der Waals surface area (Å²) in [6.45, 7) is 5.96. The number of carbonyl (C=O) groups is 2. The highest BCUT2D eigenvalue weighted by Crippen LogP contribution is 2.25. The van der Waals surface area contributed by atoms with Crippen LogP contribution in [-0.4, -0.2) is 35.4 Å². The lowest BCUT2D eigenvalue weighted by Crippen LogP contribution is -2.51. The Hall–Kier alpha value is -3.34. The van der Waals surface area contributed by atoms with Crippen molar-refractivity contribution < 1.29 is 14.3 Å². The van der Waals surface area contributed by atoms with Crippen LogP contribution in [0.5, 0.6) is 5.75 Å². The van der Waals surface area contributed by atoms with Gasteiger partial charge < -0.3 is 15.0 Å². The molecule has 0 aliphatic rings. The molecule has 0 spiro atoms. The second-order valence-electron chi connectivity index (χ2n) is 7.86. The van der Waals surface area contributed by atoms with Crippen molar-refractivity contribution in [3.63, 3.8) is 0 Å². The van der Waals surface area contributed by atoms with Gasteiger partial charge in [-0.15, -0.1) is 0 Å². The quantitative estimate of drug-likeness (QED) is 0.555. The highest BCUT2D eigenvalue weighted by Gasteiger charge is 2.29. The minimum absolute atomic E-state index is 0.00200. The monoisotopic (exact) mass is 418 g/mol. The maximum atomic E-state index is 13.3. The molecule has 31 heavy (non-hydrogen) atoms. The van der Waals surface area contributed by atoms with Gasteiger partial charge in [0, 0.05) is 18.0 Å². The van der Waals surface area contributed by atoms with Gasteiger partial charge in [0.25, 0.3) is 5.91 Å². The van der Waals surface area contributed by atoms with Crippen LogP contribution in [-0.2, 0) is 16.1 Å². The molecule has 0 radical (unpaired) electrons. The van der Waals surface area contributed by atoms with Crippen LogP contribution in [0.4, 0.5) is 0 Å². The standard InChI is InChI=1S/C26H30N2O3/c1-4-23(26(30)27-19(2)3)28(17-20-11-6-5-7-12-20)25(29)18-31-24-16-10-14-21-13-8-9-15-22(21)24/h5-16,19,23H,4,17-18H2,1-3H3,(H,27,30)/t23-/m1/s1. The van der Waals surface area contributed by atoms with E-state index in [-0.39, 0.29) is 24.5 Å². The van der Waals surface area contributed by atoms with Crippen molar-refractivity contribution in [2.24, 2.45) is 0 Å². The number of nitrogens with one attached hydrogen (secondary N) is 1. The summed E-state index contributed by atoms with van der Waals surface area (Å²) in [5.41, 5.74) is 0.969.